The maximum atomic E-state index is 11.7. The predicted molar refractivity (Wildman–Crippen MR) is 62.7 cm³/mol. The second-order valence-corrected chi connectivity index (χ2v) is 4.68. The average Bonchev–Trinajstić information content (AvgIpc) is 2.17. The van der Waals surface area contributed by atoms with Crippen molar-refractivity contribution in [3.05, 3.63) is 11.6 Å². The second kappa shape index (κ2) is 5.31. The van der Waals surface area contributed by atoms with Crippen molar-refractivity contribution in [2.45, 2.75) is 33.7 Å². The fourth-order valence-electron chi connectivity index (χ4n) is 1.80. The summed E-state index contributed by atoms with van der Waals surface area (Å²) < 4.78 is 0. The van der Waals surface area contributed by atoms with Crippen LogP contribution in [0.15, 0.2) is 11.6 Å². The van der Waals surface area contributed by atoms with Crippen molar-refractivity contribution in [2.75, 3.05) is 26.2 Å². The van der Waals surface area contributed by atoms with Gasteiger partial charge in [-0.25, -0.2) is 0 Å². The minimum atomic E-state index is 0.165. The lowest BCUT2D eigenvalue weighted by Gasteiger charge is -2.36. The predicted octanol–water partition coefficient (Wildman–Crippen LogP) is 1.51. The van der Waals surface area contributed by atoms with Crippen molar-refractivity contribution in [2.24, 2.45) is 0 Å². The van der Waals surface area contributed by atoms with E-state index < -0.39 is 0 Å². The third-order valence-electron chi connectivity index (χ3n) is 2.77. The smallest absolute Gasteiger partial charge is 0.246 e. The fraction of sp³-hybridized carbons (Fsp3) is 0.750. The zero-order valence-corrected chi connectivity index (χ0v) is 10.3. The Balaban J connectivity index is 2.44. The van der Waals surface area contributed by atoms with Gasteiger partial charge in [-0.15, -0.1) is 0 Å². The van der Waals surface area contributed by atoms with E-state index >= 15 is 0 Å². The van der Waals surface area contributed by atoms with Crippen molar-refractivity contribution in [1.29, 1.82) is 0 Å². The molecule has 1 aliphatic rings. The normalized spacial score (nSPS) is 18.1. The van der Waals surface area contributed by atoms with Gasteiger partial charge in [0.15, 0.2) is 0 Å². The summed E-state index contributed by atoms with van der Waals surface area (Å²) in [5.74, 6) is 0.165. The maximum absolute atomic E-state index is 11.7. The second-order valence-electron chi connectivity index (χ2n) is 4.68. The van der Waals surface area contributed by atoms with E-state index in [-0.39, 0.29) is 5.91 Å². The number of rotatable bonds is 2. The Morgan fingerprint density at radius 2 is 1.67 bits per heavy atom. The van der Waals surface area contributed by atoms with E-state index in [0.29, 0.717) is 6.04 Å². The Hall–Kier alpha value is -0.830. The highest BCUT2D eigenvalue weighted by atomic mass is 16.2. The van der Waals surface area contributed by atoms with Gasteiger partial charge >= 0.3 is 0 Å². The molecular formula is C12H22N2O. The fourth-order valence-corrected chi connectivity index (χ4v) is 1.80. The Kier molecular flexibility index (Phi) is 4.33. The van der Waals surface area contributed by atoms with Crippen LogP contribution >= 0.6 is 0 Å². The number of carbonyl (C=O) groups excluding carboxylic acids is 1. The molecular weight excluding hydrogens is 188 g/mol. The average molecular weight is 210 g/mol. The molecule has 1 fully saturated rings. The summed E-state index contributed by atoms with van der Waals surface area (Å²) in [5, 5.41) is 0. The van der Waals surface area contributed by atoms with E-state index in [0.717, 1.165) is 31.8 Å². The van der Waals surface area contributed by atoms with Gasteiger partial charge in [0.25, 0.3) is 0 Å². The van der Waals surface area contributed by atoms with Gasteiger partial charge in [-0.2, -0.15) is 0 Å². The van der Waals surface area contributed by atoms with Crippen LogP contribution in [0.3, 0.4) is 0 Å². The number of piperazine rings is 1. The van der Waals surface area contributed by atoms with Crippen molar-refractivity contribution in [3.8, 4) is 0 Å². The Morgan fingerprint density at radius 1 is 1.13 bits per heavy atom. The van der Waals surface area contributed by atoms with Crippen molar-refractivity contribution >= 4 is 5.91 Å². The molecule has 3 nitrogen and oxygen atoms in total. The first-order chi connectivity index (χ1) is 7.00. The summed E-state index contributed by atoms with van der Waals surface area (Å²) in [6.07, 6.45) is 1.73. The summed E-state index contributed by atoms with van der Waals surface area (Å²) >= 11 is 0. The number of hydrogen-bond donors (Lipinski definition) is 0. The van der Waals surface area contributed by atoms with Crippen LogP contribution in [0.1, 0.15) is 27.7 Å². The van der Waals surface area contributed by atoms with E-state index in [9.17, 15) is 4.79 Å². The highest BCUT2D eigenvalue weighted by molar-refractivity contribution is 5.88. The number of carbonyl (C=O) groups is 1. The summed E-state index contributed by atoms with van der Waals surface area (Å²) in [6.45, 7) is 12.0. The molecule has 0 bridgehead atoms. The molecule has 1 aliphatic heterocycles. The molecule has 0 aromatic rings. The Bertz CT molecular complexity index is 246. The van der Waals surface area contributed by atoms with Gasteiger partial charge < -0.3 is 4.90 Å². The summed E-state index contributed by atoms with van der Waals surface area (Å²) in [5.41, 5.74) is 1.08. The largest absolute Gasteiger partial charge is 0.337 e. The lowest BCUT2D eigenvalue weighted by molar-refractivity contribution is -0.128. The van der Waals surface area contributed by atoms with Crippen LogP contribution in [0.5, 0.6) is 0 Å². The van der Waals surface area contributed by atoms with Gasteiger partial charge in [0.05, 0.1) is 0 Å². The molecule has 0 atom stereocenters. The molecule has 1 heterocycles. The van der Waals surface area contributed by atoms with E-state index in [4.69, 9.17) is 0 Å². The van der Waals surface area contributed by atoms with Crippen molar-refractivity contribution in [1.82, 2.24) is 9.80 Å². The van der Waals surface area contributed by atoms with Gasteiger partial charge in [0.1, 0.15) is 0 Å². The van der Waals surface area contributed by atoms with Crippen LogP contribution in [-0.4, -0.2) is 47.9 Å². The SMILES string of the molecule is CC(C)=CC(=O)N1CCN(C(C)C)CC1. The Morgan fingerprint density at radius 3 is 2.07 bits per heavy atom. The lowest BCUT2D eigenvalue weighted by atomic mass is 10.2. The molecule has 1 rings (SSSR count). The highest BCUT2D eigenvalue weighted by Gasteiger charge is 2.20. The number of hydrogen-bond acceptors (Lipinski definition) is 2. The summed E-state index contributed by atoms with van der Waals surface area (Å²) in [7, 11) is 0. The van der Waals surface area contributed by atoms with Crippen LogP contribution in [0.2, 0.25) is 0 Å². The zero-order valence-electron chi connectivity index (χ0n) is 10.3. The zero-order chi connectivity index (χ0) is 11.4. The first kappa shape index (κ1) is 12.2. The molecule has 3 heteroatoms. The molecule has 0 aromatic heterocycles. The Labute approximate surface area is 92.7 Å². The maximum Gasteiger partial charge on any atom is 0.246 e. The molecule has 1 saturated heterocycles. The molecule has 0 aromatic carbocycles. The number of allylic oxidation sites excluding steroid dienone is 1. The van der Waals surface area contributed by atoms with Crippen LogP contribution in [0.4, 0.5) is 0 Å². The minimum absolute atomic E-state index is 0.165. The molecule has 15 heavy (non-hydrogen) atoms. The van der Waals surface area contributed by atoms with Gasteiger partial charge in [0, 0.05) is 38.3 Å². The molecule has 1 amide bonds. The molecule has 0 spiro atoms. The first-order valence-corrected chi connectivity index (χ1v) is 5.68. The van der Waals surface area contributed by atoms with Gasteiger partial charge in [-0.3, -0.25) is 9.69 Å². The van der Waals surface area contributed by atoms with Crippen LogP contribution in [-0.2, 0) is 4.79 Å². The third-order valence-corrected chi connectivity index (χ3v) is 2.77. The van der Waals surface area contributed by atoms with Crippen LogP contribution in [0, 0.1) is 0 Å². The van der Waals surface area contributed by atoms with E-state index in [1.54, 1.807) is 6.08 Å². The topological polar surface area (TPSA) is 23.6 Å². The molecule has 86 valence electrons. The van der Waals surface area contributed by atoms with Crippen LogP contribution in [0.25, 0.3) is 0 Å². The standard InChI is InChI=1S/C12H22N2O/c1-10(2)9-12(15)14-7-5-13(6-8-14)11(3)4/h9,11H,5-8H2,1-4H3. The van der Waals surface area contributed by atoms with Crippen molar-refractivity contribution < 1.29 is 4.79 Å². The molecule has 0 aliphatic carbocycles. The number of nitrogens with zero attached hydrogens (tertiary/aromatic N) is 2. The highest BCUT2D eigenvalue weighted by Crippen LogP contribution is 2.06. The summed E-state index contributed by atoms with van der Waals surface area (Å²) in [4.78, 5) is 16.1. The quantitative estimate of drug-likeness (QED) is 0.645. The minimum Gasteiger partial charge on any atom is -0.337 e. The lowest BCUT2D eigenvalue weighted by Crippen LogP contribution is -2.50. The van der Waals surface area contributed by atoms with Gasteiger partial charge in [-0.05, 0) is 27.7 Å². The molecule has 0 N–H and O–H groups in total. The van der Waals surface area contributed by atoms with E-state index in [2.05, 4.69) is 18.7 Å². The molecule has 0 saturated carbocycles. The summed E-state index contributed by atoms with van der Waals surface area (Å²) in [6, 6.07) is 0.589. The third kappa shape index (κ3) is 3.67. The van der Waals surface area contributed by atoms with Gasteiger partial charge in [0.2, 0.25) is 5.91 Å². The van der Waals surface area contributed by atoms with Gasteiger partial charge in [-0.1, -0.05) is 5.57 Å². The van der Waals surface area contributed by atoms with Crippen LogP contribution < -0.4 is 0 Å². The monoisotopic (exact) mass is 210 g/mol. The van der Waals surface area contributed by atoms with E-state index in [1.165, 1.54) is 0 Å². The van der Waals surface area contributed by atoms with Crippen molar-refractivity contribution in [3.63, 3.8) is 0 Å². The van der Waals surface area contributed by atoms with E-state index in [1.807, 2.05) is 18.7 Å². The first-order valence-electron chi connectivity index (χ1n) is 5.68. The molecule has 0 radical (unpaired) electrons. The number of amides is 1. The molecule has 0 unspecified atom stereocenters.